The molecule has 0 atom stereocenters. The zero-order chi connectivity index (χ0) is 23.6. The maximum absolute atomic E-state index is 13.0. The molecule has 2 aromatic carbocycles. The molecular weight excluding hydrogens is 437 g/mol. The van der Waals surface area contributed by atoms with Gasteiger partial charge in [0.1, 0.15) is 29.4 Å². The average Bonchev–Trinajstić information content (AvgIpc) is 3.08. The molecule has 1 fully saturated rings. The fraction of sp³-hybridized carbons (Fsp3) is 0.375. The van der Waals surface area contributed by atoms with Gasteiger partial charge in [0.15, 0.2) is 0 Å². The van der Waals surface area contributed by atoms with E-state index in [-0.39, 0.29) is 24.3 Å². The maximum atomic E-state index is 13.0. The zero-order valence-corrected chi connectivity index (χ0v) is 18.4. The van der Waals surface area contributed by atoms with Gasteiger partial charge in [-0.2, -0.15) is 0 Å². The van der Waals surface area contributed by atoms with Crippen LogP contribution in [0, 0.1) is 6.92 Å². The van der Waals surface area contributed by atoms with Crippen molar-refractivity contribution in [3.8, 4) is 11.5 Å². The fourth-order valence-corrected chi connectivity index (χ4v) is 3.98. The van der Waals surface area contributed by atoms with Crippen LogP contribution in [0.4, 0.5) is 13.2 Å². The standard InChI is InChI=1S/C24H25F3N2O4/c1-15-22(23(30)28-17-8-10-29(2)11-9-17)20-13-18(6-7-21(20)32-15)31-14-16-4-3-5-19(12-16)33-24(25,26)27/h3-7,12-13,17H,8-11,14H2,1-2H3,(H,28,30). The molecule has 1 saturated heterocycles. The molecule has 1 aromatic heterocycles. The number of carbonyl (C=O) groups excluding carboxylic acids is 1. The van der Waals surface area contributed by atoms with E-state index < -0.39 is 6.36 Å². The number of piperidine rings is 1. The number of rotatable bonds is 6. The summed E-state index contributed by atoms with van der Waals surface area (Å²) in [6.45, 7) is 3.65. The van der Waals surface area contributed by atoms with Crippen LogP contribution in [0.5, 0.6) is 11.5 Å². The number of carbonyl (C=O) groups is 1. The van der Waals surface area contributed by atoms with Gasteiger partial charge in [-0.1, -0.05) is 12.1 Å². The zero-order valence-electron chi connectivity index (χ0n) is 18.4. The number of nitrogens with one attached hydrogen (secondary N) is 1. The van der Waals surface area contributed by atoms with Crippen molar-refractivity contribution in [1.29, 1.82) is 0 Å². The Kier molecular flexibility index (Phi) is 6.51. The van der Waals surface area contributed by atoms with Crippen molar-refractivity contribution >= 4 is 16.9 Å². The minimum absolute atomic E-state index is 0.0362. The maximum Gasteiger partial charge on any atom is 0.573 e. The molecule has 1 aliphatic rings. The molecule has 1 aliphatic heterocycles. The number of fused-ring (bicyclic) bond motifs is 1. The quantitative estimate of drug-likeness (QED) is 0.556. The Morgan fingerprint density at radius 3 is 2.64 bits per heavy atom. The predicted molar refractivity (Wildman–Crippen MR) is 116 cm³/mol. The minimum atomic E-state index is -4.76. The van der Waals surface area contributed by atoms with Gasteiger partial charge in [-0.25, -0.2) is 0 Å². The second-order valence-corrected chi connectivity index (χ2v) is 8.23. The van der Waals surface area contributed by atoms with Crippen LogP contribution in [-0.4, -0.2) is 43.3 Å². The smallest absolute Gasteiger partial charge is 0.489 e. The van der Waals surface area contributed by atoms with Crippen LogP contribution in [0.3, 0.4) is 0 Å². The van der Waals surface area contributed by atoms with Crippen LogP contribution in [0.15, 0.2) is 46.9 Å². The first-order chi connectivity index (χ1) is 15.7. The average molecular weight is 462 g/mol. The molecule has 0 aliphatic carbocycles. The number of furan rings is 1. The van der Waals surface area contributed by atoms with E-state index in [1.165, 1.54) is 18.2 Å². The van der Waals surface area contributed by atoms with Crippen LogP contribution in [0.1, 0.15) is 34.5 Å². The summed E-state index contributed by atoms with van der Waals surface area (Å²) in [6.07, 6.45) is -2.97. The van der Waals surface area contributed by atoms with E-state index in [2.05, 4.69) is 22.0 Å². The largest absolute Gasteiger partial charge is 0.573 e. The van der Waals surface area contributed by atoms with Crippen molar-refractivity contribution in [2.45, 2.75) is 38.8 Å². The lowest BCUT2D eigenvalue weighted by molar-refractivity contribution is -0.274. The third kappa shape index (κ3) is 5.78. The van der Waals surface area contributed by atoms with E-state index in [9.17, 15) is 18.0 Å². The number of halogens is 3. The second kappa shape index (κ2) is 9.35. The Balaban J connectivity index is 1.48. The molecule has 33 heavy (non-hydrogen) atoms. The van der Waals surface area contributed by atoms with Crippen LogP contribution in [0.2, 0.25) is 0 Å². The number of likely N-dealkylation sites (tertiary alicyclic amines) is 1. The van der Waals surface area contributed by atoms with Gasteiger partial charge in [0.25, 0.3) is 5.91 Å². The van der Waals surface area contributed by atoms with Gasteiger partial charge < -0.3 is 24.1 Å². The van der Waals surface area contributed by atoms with Crippen molar-refractivity contribution < 1.29 is 31.9 Å². The molecular formula is C24H25F3N2O4. The molecule has 9 heteroatoms. The summed E-state index contributed by atoms with van der Waals surface area (Å²) in [6, 6.07) is 10.8. The molecule has 0 spiro atoms. The van der Waals surface area contributed by atoms with Crippen LogP contribution < -0.4 is 14.8 Å². The van der Waals surface area contributed by atoms with Gasteiger partial charge in [0.05, 0.1) is 5.56 Å². The number of hydrogen-bond acceptors (Lipinski definition) is 5. The van der Waals surface area contributed by atoms with E-state index in [4.69, 9.17) is 9.15 Å². The molecule has 0 bridgehead atoms. The molecule has 0 unspecified atom stereocenters. The third-order valence-electron chi connectivity index (χ3n) is 5.65. The van der Waals surface area contributed by atoms with Crippen LogP contribution in [0.25, 0.3) is 11.0 Å². The SMILES string of the molecule is Cc1oc2ccc(OCc3cccc(OC(F)(F)F)c3)cc2c1C(=O)NC1CCN(C)CC1. The third-order valence-corrected chi connectivity index (χ3v) is 5.65. The number of alkyl halides is 3. The second-order valence-electron chi connectivity index (χ2n) is 8.23. The summed E-state index contributed by atoms with van der Waals surface area (Å²) in [5, 5.41) is 3.73. The Morgan fingerprint density at radius 1 is 1.15 bits per heavy atom. The van der Waals surface area contributed by atoms with Crippen molar-refractivity contribution in [3.63, 3.8) is 0 Å². The lowest BCUT2D eigenvalue weighted by Gasteiger charge is -2.29. The molecule has 0 saturated carbocycles. The number of hydrogen-bond donors (Lipinski definition) is 1. The number of amides is 1. The molecule has 6 nitrogen and oxygen atoms in total. The highest BCUT2D eigenvalue weighted by atomic mass is 19.4. The minimum Gasteiger partial charge on any atom is -0.489 e. The van der Waals surface area contributed by atoms with Crippen molar-refractivity contribution in [3.05, 3.63) is 59.4 Å². The first kappa shape index (κ1) is 23.0. The highest BCUT2D eigenvalue weighted by molar-refractivity contribution is 6.07. The monoisotopic (exact) mass is 462 g/mol. The summed E-state index contributed by atoms with van der Waals surface area (Å²) in [7, 11) is 2.06. The Morgan fingerprint density at radius 2 is 1.91 bits per heavy atom. The highest BCUT2D eigenvalue weighted by Crippen LogP contribution is 2.30. The van der Waals surface area contributed by atoms with Gasteiger partial charge in [0, 0.05) is 11.4 Å². The lowest BCUT2D eigenvalue weighted by Crippen LogP contribution is -2.43. The first-order valence-electron chi connectivity index (χ1n) is 10.7. The van der Waals surface area contributed by atoms with Gasteiger partial charge in [-0.3, -0.25) is 4.79 Å². The topological polar surface area (TPSA) is 63.9 Å². The molecule has 2 heterocycles. The van der Waals surface area contributed by atoms with Crippen LogP contribution in [-0.2, 0) is 6.61 Å². The van der Waals surface area contributed by atoms with Crippen LogP contribution >= 0.6 is 0 Å². The molecule has 0 radical (unpaired) electrons. The number of ether oxygens (including phenoxy) is 2. The first-order valence-corrected chi connectivity index (χ1v) is 10.7. The summed E-state index contributed by atoms with van der Waals surface area (Å²) in [5.41, 5.74) is 1.55. The predicted octanol–water partition coefficient (Wildman–Crippen LogP) is 5.04. The van der Waals surface area contributed by atoms with Crippen molar-refractivity contribution in [2.24, 2.45) is 0 Å². The Labute approximate surface area is 189 Å². The normalized spacial score (nSPS) is 15.5. The van der Waals surface area contributed by atoms with Crippen molar-refractivity contribution in [2.75, 3.05) is 20.1 Å². The molecule has 176 valence electrons. The number of aryl methyl sites for hydroxylation is 1. The molecule has 3 aromatic rings. The summed E-state index contributed by atoms with van der Waals surface area (Å²) in [4.78, 5) is 15.2. The molecule has 1 amide bonds. The van der Waals surface area contributed by atoms with Gasteiger partial charge in [-0.05, 0) is 75.8 Å². The Hall–Kier alpha value is -3.20. The lowest BCUT2D eigenvalue weighted by atomic mass is 10.0. The van der Waals surface area contributed by atoms with E-state index in [0.717, 1.165) is 25.9 Å². The molecule has 1 N–H and O–H groups in total. The van der Waals surface area contributed by atoms with E-state index >= 15 is 0 Å². The van der Waals surface area contributed by atoms with E-state index in [1.54, 1.807) is 31.2 Å². The van der Waals surface area contributed by atoms with E-state index in [0.29, 0.717) is 33.6 Å². The summed E-state index contributed by atoms with van der Waals surface area (Å²) < 4.78 is 52.8. The van der Waals surface area contributed by atoms with Gasteiger partial charge in [-0.15, -0.1) is 13.2 Å². The Bertz CT molecular complexity index is 1130. The number of nitrogens with zero attached hydrogens (tertiary/aromatic N) is 1. The molecule has 4 rings (SSSR count). The summed E-state index contributed by atoms with van der Waals surface area (Å²) in [5.74, 6) is 0.496. The fourth-order valence-electron chi connectivity index (χ4n) is 3.98. The highest BCUT2D eigenvalue weighted by Gasteiger charge is 2.31. The van der Waals surface area contributed by atoms with Gasteiger partial charge in [0.2, 0.25) is 0 Å². The summed E-state index contributed by atoms with van der Waals surface area (Å²) >= 11 is 0. The number of benzene rings is 2. The van der Waals surface area contributed by atoms with Crippen molar-refractivity contribution in [1.82, 2.24) is 10.2 Å². The van der Waals surface area contributed by atoms with Gasteiger partial charge >= 0.3 is 6.36 Å². The van der Waals surface area contributed by atoms with E-state index in [1.807, 2.05) is 0 Å².